The minimum atomic E-state index is -0.0684. The standard InChI is InChI=1S/C17H35N3O2/c1-7-16(12-21)19-10-8-18(9-11-19)15(6)17(22)20(13(2)3)14(4)5/h13-16,21H,7-12H2,1-6H3. The van der Waals surface area contributed by atoms with Gasteiger partial charge in [-0.3, -0.25) is 14.6 Å². The predicted octanol–water partition coefficient (Wildman–Crippen LogP) is 1.41. The van der Waals surface area contributed by atoms with Crippen LogP contribution >= 0.6 is 0 Å². The van der Waals surface area contributed by atoms with E-state index in [4.69, 9.17) is 0 Å². The number of aliphatic hydroxyl groups excluding tert-OH is 1. The second kappa shape index (κ2) is 8.85. The summed E-state index contributed by atoms with van der Waals surface area (Å²) >= 11 is 0. The molecular weight excluding hydrogens is 278 g/mol. The molecule has 1 rings (SSSR count). The fourth-order valence-corrected chi connectivity index (χ4v) is 3.47. The predicted molar refractivity (Wildman–Crippen MR) is 90.9 cm³/mol. The Morgan fingerprint density at radius 2 is 1.45 bits per heavy atom. The van der Waals surface area contributed by atoms with Crippen LogP contribution in [0.1, 0.15) is 48.0 Å². The minimum Gasteiger partial charge on any atom is -0.395 e. The van der Waals surface area contributed by atoms with Crippen molar-refractivity contribution in [2.24, 2.45) is 0 Å². The van der Waals surface area contributed by atoms with E-state index in [2.05, 4.69) is 44.4 Å². The van der Waals surface area contributed by atoms with E-state index in [0.29, 0.717) is 0 Å². The molecular formula is C17H35N3O2. The number of piperazine rings is 1. The van der Waals surface area contributed by atoms with Crippen molar-refractivity contribution in [1.29, 1.82) is 0 Å². The van der Waals surface area contributed by atoms with Crippen LogP contribution in [0.4, 0.5) is 0 Å². The topological polar surface area (TPSA) is 47.0 Å². The van der Waals surface area contributed by atoms with Crippen LogP contribution in [-0.2, 0) is 4.79 Å². The normalized spacial score (nSPS) is 20.4. The second-order valence-electron chi connectivity index (χ2n) is 6.93. The van der Waals surface area contributed by atoms with E-state index in [1.54, 1.807) is 0 Å². The molecule has 1 amide bonds. The molecule has 0 radical (unpaired) electrons. The molecule has 1 fully saturated rings. The Morgan fingerprint density at radius 3 is 1.82 bits per heavy atom. The third-order valence-electron chi connectivity index (χ3n) is 4.82. The van der Waals surface area contributed by atoms with Gasteiger partial charge in [-0.2, -0.15) is 0 Å². The zero-order valence-corrected chi connectivity index (χ0v) is 15.2. The van der Waals surface area contributed by atoms with Crippen LogP contribution in [0.5, 0.6) is 0 Å². The molecule has 2 atom stereocenters. The van der Waals surface area contributed by atoms with Crippen molar-refractivity contribution in [2.45, 2.75) is 72.1 Å². The molecule has 2 unspecified atom stereocenters. The summed E-state index contributed by atoms with van der Waals surface area (Å²) in [6.45, 7) is 16.3. The van der Waals surface area contributed by atoms with Crippen molar-refractivity contribution in [2.75, 3.05) is 32.8 Å². The van der Waals surface area contributed by atoms with Gasteiger partial charge in [0.05, 0.1) is 12.6 Å². The Balaban J connectivity index is 2.61. The van der Waals surface area contributed by atoms with Gasteiger partial charge in [0.15, 0.2) is 0 Å². The Kier molecular flexibility index (Phi) is 7.80. The highest BCUT2D eigenvalue weighted by Crippen LogP contribution is 2.15. The van der Waals surface area contributed by atoms with Crippen LogP contribution in [0, 0.1) is 0 Å². The highest BCUT2D eigenvalue weighted by molar-refractivity contribution is 5.82. The van der Waals surface area contributed by atoms with Gasteiger partial charge in [-0.25, -0.2) is 0 Å². The second-order valence-corrected chi connectivity index (χ2v) is 6.93. The van der Waals surface area contributed by atoms with Crippen molar-refractivity contribution < 1.29 is 9.90 Å². The van der Waals surface area contributed by atoms with Crippen molar-refractivity contribution in [3.05, 3.63) is 0 Å². The van der Waals surface area contributed by atoms with Crippen LogP contribution in [0.15, 0.2) is 0 Å². The van der Waals surface area contributed by atoms with E-state index in [-0.39, 0.29) is 36.7 Å². The number of carbonyl (C=O) groups is 1. The van der Waals surface area contributed by atoms with Crippen molar-refractivity contribution in [3.63, 3.8) is 0 Å². The summed E-state index contributed by atoms with van der Waals surface area (Å²) in [6.07, 6.45) is 0.972. The molecule has 0 aliphatic carbocycles. The molecule has 22 heavy (non-hydrogen) atoms. The van der Waals surface area contributed by atoms with E-state index in [1.165, 1.54) is 0 Å². The number of hydrogen-bond donors (Lipinski definition) is 1. The summed E-state index contributed by atoms with van der Waals surface area (Å²) in [6, 6.07) is 0.655. The summed E-state index contributed by atoms with van der Waals surface area (Å²) in [5.41, 5.74) is 0. The molecule has 1 N–H and O–H groups in total. The lowest BCUT2D eigenvalue weighted by Gasteiger charge is -2.42. The van der Waals surface area contributed by atoms with Crippen molar-refractivity contribution >= 4 is 5.91 Å². The number of amides is 1. The molecule has 1 aliphatic heterocycles. The monoisotopic (exact) mass is 313 g/mol. The smallest absolute Gasteiger partial charge is 0.240 e. The molecule has 1 heterocycles. The van der Waals surface area contributed by atoms with Gasteiger partial charge in [0.1, 0.15) is 0 Å². The first-order chi connectivity index (χ1) is 10.3. The van der Waals surface area contributed by atoms with Gasteiger partial charge in [-0.05, 0) is 41.0 Å². The number of hydrogen-bond acceptors (Lipinski definition) is 4. The number of aliphatic hydroxyl groups is 1. The minimum absolute atomic E-state index is 0.0684. The van der Waals surface area contributed by atoms with Gasteiger partial charge in [0, 0.05) is 44.3 Å². The van der Waals surface area contributed by atoms with E-state index in [0.717, 1.165) is 32.6 Å². The SMILES string of the molecule is CCC(CO)N1CCN(C(C)C(=O)N(C(C)C)C(C)C)CC1. The fourth-order valence-electron chi connectivity index (χ4n) is 3.47. The van der Waals surface area contributed by atoms with Gasteiger partial charge < -0.3 is 10.0 Å². The third-order valence-corrected chi connectivity index (χ3v) is 4.82. The van der Waals surface area contributed by atoms with Gasteiger partial charge in [0.25, 0.3) is 0 Å². The quantitative estimate of drug-likeness (QED) is 0.772. The number of nitrogens with zero attached hydrogens (tertiary/aromatic N) is 3. The van der Waals surface area contributed by atoms with Crippen LogP contribution in [-0.4, -0.2) is 82.7 Å². The molecule has 5 heteroatoms. The molecule has 0 aromatic carbocycles. The van der Waals surface area contributed by atoms with Crippen LogP contribution in [0.25, 0.3) is 0 Å². The van der Waals surface area contributed by atoms with Crippen molar-refractivity contribution in [3.8, 4) is 0 Å². The van der Waals surface area contributed by atoms with Gasteiger partial charge in [-0.1, -0.05) is 6.92 Å². The van der Waals surface area contributed by atoms with Gasteiger partial charge >= 0.3 is 0 Å². The summed E-state index contributed by atoms with van der Waals surface area (Å²) in [4.78, 5) is 19.4. The molecule has 130 valence electrons. The largest absolute Gasteiger partial charge is 0.395 e. The summed E-state index contributed by atoms with van der Waals surface area (Å²) in [5, 5.41) is 9.42. The zero-order valence-electron chi connectivity index (χ0n) is 15.2. The van der Waals surface area contributed by atoms with Crippen LogP contribution in [0.2, 0.25) is 0 Å². The Bertz CT molecular complexity index is 327. The van der Waals surface area contributed by atoms with Gasteiger partial charge in [-0.15, -0.1) is 0 Å². The average Bonchev–Trinajstić information content (AvgIpc) is 2.47. The average molecular weight is 313 g/mol. The first-order valence-electron chi connectivity index (χ1n) is 8.74. The Morgan fingerprint density at radius 1 is 1.00 bits per heavy atom. The van der Waals surface area contributed by atoms with Crippen LogP contribution in [0.3, 0.4) is 0 Å². The lowest BCUT2D eigenvalue weighted by atomic mass is 10.1. The maximum atomic E-state index is 12.8. The van der Waals surface area contributed by atoms with E-state index < -0.39 is 0 Å². The lowest BCUT2D eigenvalue weighted by Crippen LogP contribution is -2.58. The summed E-state index contributed by atoms with van der Waals surface area (Å²) in [7, 11) is 0. The summed E-state index contributed by atoms with van der Waals surface area (Å²) in [5.74, 6) is 0.229. The lowest BCUT2D eigenvalue weighted by molar-refractivity contribution is -0.141. The molecule has 0 bridgehead atoms. The number of rotatable bonds is 7. The van der Waals surface area contributed by atoms with Gasteiger partial charge in [0.2, 0.25) is 5.91 Å². The van der Waals surface area contributed by atoms with Crippen LogP contribution < -0.4 is 0 Å². The Labute approximate surface area is 136 Å². The molecule has 0 aromatic rings. The molecule has 0 saturated carbocycles. The number of carbonyl (C=O) groups excluding carboxylic acids is 1. The highest BCUT2D eigenvalue weighted by atomic mass is 16.3. The molecule has 5 nitrogen and oxygen atoms in total. The van der Waals surface area contributed by atoms with E-state index in [1.807, 2.05) is 11.8 Å². The zero-order chi connectivity index (χ0) is 16.9. The third kappa shape index (κ3) is 4.67. The van der Waals surface area contributed by atoms with E-state index >= 15 is 0 Å². The highest BCUT2D eigenvalue weighted by Gasteiger charge is 2.31. The molecule has 0 spiro atoms. The van der Waals surface area contributed by atoms with E-state index in [9.17, 15) is 9.90 Å². The molecule has 0 aromatic heterocycles. The maximum Gasteiger partial charge on any atom is 0.240 e. The Hall–Kier alpha value is -0.650. The summed E-state index contributed by atoms with van der Waals surface area (Å²) < 4.78 is 0. The first kappa shape index (κ1) is 19.4. The maximum absolute atomic E-state index is 12.8. The first-order valence-corrected chi connectivity index (χ1v) is 8.74. The molecule has 1 aliphatic rings. The molecule has 1 saturated heterocycles. The van der Waals surface area contributed by atoms with Crippen molar-refractivity contribution in [1.82, 2.24) is 14.7 Å². The fraction of sp³-hybridized carbons (Fsp3) is 0.941.